The molecule has 28 heavy (non-hydrogen) atoms. The number of aryl methyl sites for hydroxylation is 1. The standard InChI is InChI=1S/C19H18BrClN4O3/c1-19(11-10-12-2-6-14(21)7-3-12)16(26)25(18(28)23-19)24-17(27)22-15-8-4-13(20)5-9-15/h2-9H,10-11H2,1H3,(H,23,28)(H2,22,24,27). The van der Waals surface area contributed by atoms with Crippen LogP contribution in [0.5, 0.6) is 0 Å². The van der Waals surface area contributed by atoms with Crippen molar-refractivity contribution in [3.8, 4) is 0 Å². The number of nitrogens with one attached hydrogen (secondary N) is 3. The van der Waals surface area contributed by atoms with E-state index >= 15 is 0 Å². The molecule has 5 amide bonds. The largest absolute Gasteiger partial charge is 0.344 e. The van der Waals surface area contributed by atoms with Crippen LogP contribution in [0.4, 0.5) is 15.3 Å². The molecule has 1 aliphatic rings. The number of rotatable bonds is 5. The molecular formula is C19H18BrClN4O3. The molecule has 1 atom stereocenters. The number of benzene rings is 2. The third-order valence-corrected chi connectivity index (χ3v) is 5.18. The van der Waals surface area contributed by atoms with Crippen molar-refractivity contribution in [3.05, 3.63) is 63.6 Å². The number of hydrogen-bond donors (Lipinski definition) is 3. The number of halogens is 2. The summed E-state index contributed by atoms with van der Waals surface area (Å²) in [6.07, 6.45) is 0.949. The topological polar surface area (TPSA) is 90.5 Å². The van der Waals surface area contributed by atoms with Gasteiger partial charge in [-0.2, -0.15) is 5.01 Å². The van der Waals surface area contributed by atoms with Gasteiger partial charge in [0.1, 0.15) is 5.54 Å². The van der Waals surface area contributed by atoms with Crippen LogP contribution in [0, 0.1) is 0 Å². The zero-order valence-corrected chi connectivity index (χ0v) is 17.3. The van der Waals surface area contributed by atoms with Crippen molar-refractivity contribution in [1.82, 2.24) is 15.8 Å². The van der Waals surface area contributed by atoms with E-state index in [1.165, 1.54) is 0 Å². The van der Waals surface area contributed by atoms with E-state index < -0.39 is 23.5 Å². The normalized spacial score (nSPS) is 18.8. The molecule has 1 aliphatic heterocycles. The summed E-state index contributed by atoms with van der Waals surface area (Å²) in [6.45, 7) is 1.64. The van der Waals surface area contributed by atoms with Crippen molar-refractivity contribution in [2.75, 3.05) is 5.32 Å². The highest BCUT2D eigenvalue weighted by Gasteiger charge is 2.48. The van der Waals surface area contributed by atoms with E-state index in [2.05, 4.69) is 32.0 Å². The van der Waals surface area contributed by atoms with Crippen LogP contribution in [0.25, 0.3) is 0 Å². The van der Waals surface area contributed by atoms with Gasteiger partial charge in [-0.05, 0) is 61.7 Å². The smallest absolute Gasteiger partial charge is 0.322 e. The maximum Gasteiger partial charge on any atom is 0.344 e. The molecule has 0 aliphatic carbocycles. The summed E-state index contributed by atoms with van der Waals surface area (Å²) < 4.78 is 0.865. The molecule has 0 saturated carbocycles. The van der Waals surface area contributed by atoms with Gasteiger partial charge in [-0.1, -0.05) is 39.7 Å². The number of nitrogens with zero attached hydrogens (tertiary/aromatic N) is 1. The second-order valence-corrected chi connectivity index (χ2v) is 7.95. The van der Waals surface area contributed by atoms with E-state index in [9.17, 15) is 14.4 Å². The molecule has 1 saturated heterocycles. The summed E-state index contributed by atoms with van der Waals surface area (Å²) in [5, 5.41) is 6.56. The van der Waals surface area contributed by atoms with E-state index in [4.69, 9.17) is 11.6 Å². The van der Waals surface area contributed by atoms with Gasteiger partial charge >= 0.3 is 12.1 Å². The zero-order chi connectivity index (χ0) is 20.3. The Balaban J connectivity index is 1.60. The SMILES string of the molecule is CC1(CCc2ccc(Cl)cc2)NC(=O)N(NC(=O)Nc2ccc(Br)cc2)C1=O. The average Bonchev–Trinajstić information content (AvgIpc) is 2.87. The minimum Gasteiger partial charge on any atom is -0.322 e. The summed E-state index contributed by atoms with van der Waals surface area (Å²) in [7, 11) is 0. The molecule has 9 heteroatoms. The molecule has 146 valence electrons. The van der Waals surface area contributed by atoms with E-state index in [0.29, 0.717) is 28.6 Å². The number of amides is 5. The van der Waals surface area contributed by atoms with Crippen LogP contribution >= 0.6 is 27.5 Å². The number of hydrogen-bond acceptors (Lipinski definition) is 3. The van der Waals surface area contributed by atoms with Crippen molar-refractivity contribution in [1.29, 1.82) is 0 Å². The highest BCUT2D eigenvalue weighted by atomic mass is 79.9. The monoisotopic (exact) mass is 464 g/mol. The fraction of sp³-hybridized carbons (Fsp3) is 0.211. The van der Waals surface area contributed by atoms with Gasteiger partial charge < -0.3 is 10.6 Å². The van der Waals surface area contributed by atoms with Gasteiger partial charge in [0.15, 0.2) is 0 Å². The van der Waals surface area contributed by atoms with Crippen molar-refractivity contribution >= 4 is 51.2 Å². The van der Waals surface area contributed by atoms with Crippen molar-refractivity contribution in [3.63, 3.8) is 0 Å². The van der Waals surface area contributed by atoms with Gasteiger partial charge in [0, 0.05) is 15.2 Å². The molecule has 2 aromatic rings. The number of anilines is 1. The molecule has 0 radical (unpaired) electrons. The molecule has 0 bridgehead atoms. The average molecular weight is 466 g/mol. The summed E-state index contributed by atoms with van der Waals surface area (Å²) in [6, 6.07) is 12.8. The Hall–Kier alpha value is -2.58. The fourth-order valence-corrected chi connectivity index (χ4v) is 3.18. The molecule has 3 rings (SSSR count). The predicted octanol–water partition coefficient (Wildman–Crippen LogP) is 4.08. The Bertz CT molecular complexity index is 904. The van der Waals surface area contributed by atoms with Crippen LogP contribution in [-0.4, -0.2) is 28.5 Å². The second kappa shape index (κ2) is 8.20. The number of urea groups is 2. The Morgan fingerprint density at radius 3 is 2.43 bits per heavy atom. The summed E-state index contributed by atoms with van der Waals surface area (Å²) >= 11 is 9.18. The van der Waals surface area contributed by atoms with Gasteiger partial charge in [-0.3, -0.25) is 4.79 Å². The predicted molar refractivity (Wildman–Crippen MR) is 110 cm³/mol. The quantitative estimate of drug-likeness (QED) is 0.581. The summed E-state index contributed by atoms with van der Waals surface area (Å²) in [5.74, 6) is -0.516. The third-order valence-electron chi connectivity index (χ3n) is 4.40. The van der Waals surface area contributed by atoms with Crippen LogP contribution in [-0.2, 0) is 11.2 Å². The minimum absolute atomic E-state index is 0.381. The van der Waals surface area contributed by atoms with E-state index in [1.807, 2.05) is 12.1 Å². The highest BCUT2D eigenvalue weighted by Crippen LogP contribution is 2.23. The lowest BCUT2D eigenvalue weighted by molar-refractivity contribution is -0.132. The first-order valence-electron chi connectivity index (χ1n) is 8.51. The number of imide groups is 1. The molecule has 1 heterocycles. The maximum absolute atomic E-state index is 12.7. The van der Waals surface area contributed by atoms with Crippen LogP contribution in [0.15, 0.2) is 53.0 Å². The van der Waals surface area contributed by atoms with Crippen LogP contribution in [0.2, 0.25) is 5.02 Å². The van der Waals surface area contributed by atoms with E-state index in [0.717, 1.165) is 10.0 Å². The van der Waals surface area contributed by atoms with Gasteiger partial charge in [-0.15, -0.1) is 0 Å². The summed E-state index contributed by atoms with van der Waals surface area (Å²) in [4.78, 5) is 37.1. The Morgan fingerprint density at radius 1 is 1.14 bits per heavy atom. The zero-order valence-electron chi connectivity index (χ0n) is 15.0. The van der Waals surface area contributed by atoms with Gasteiger partial charge in [0.2, 0.25) is 0 Å². The molecule has 3 N–H and O–H groups in total. The first-order chi connectivity index (χ1) is 13.3. The van der Waals surface area contributed by atoms with E-state index in [-0.39, 0.29) is 0 Å². The minimum atomic E-state index is -1.11. The van der Waals surface area contributed by atoms with Gasteiger partial charge in [0.25, 0.3) is 5.91 Å². The molecule has 7 nitrogen and oxygen atoms in total. The van der Waals surface area contributed by atoms with Crippen molar-refractivity contribution in [2.24, 2.45) is 0 Å². The summed E-state index contributed by atoms with van der Waals surface area (Å²) in [5.41, 5.74) is 2.70. The molecule has 0 aromatic heterocycles. The lowest BCUT2D eigenvalue weighted by Gasteiger charge is -2.21. The Morgan fingerprint density at radius 2 is 1.79 bits per heavy atom. The van der Waals surface area contributed by atoms with Crippen molar-refractivity contribution < 1.29 is 14.4 Å². The van der Waals surface area contributed by atoms with Crippen LogP contribution in [0.3, 0.4) is 0 Å². The molecular weight excluding hydrogens is 448 g/mol. The molecule has 0 spiro atoms. The Labute approximate surface area is 175 Å². The number of carbonyl (C=O) groups excluding carboxylic acids is 3. The number of hydrazine groups is 1. The lowest BCUT2D eigenvalue weighted by atomic mass is 9.93. The first kappa shape index (κ1) is 20.2. The molecule has 2 aromatic carbocycles. The second-order valence-electron chi connectivity index (χ2n) is 6.60. The fourth-order valence-electron chi connectivity index (χ4n) is 2.79. The van der Waals surface area contributed by atoms with Crippen molar-refractivity contribution in [2.45, 2.75) is 25.3 Å². The van der Waals surface area contributed by atoms with Gasteiger partial charge in [-0.25, -0.2) is 15.0 Å². The highest BCUT2D eigenvalue weighted by molar-refractivity contribution is 9.10. The molecule has 1 fully saturated rings. The Kier molecular flexibility index (Phi) is 5.90. The van der Waals surface area contributed by atoms with Crippen LogP contribution < -0.4 is 16.1 Å². The number of carbonyl (C=O) groups is 3. The van der Waals surface area contributed by atoms with E-state index in [1.54, 1.807) is 43.3 Å². The lowest BCUT2D eigenvalue weighted by Crippen LogP contribution is -2.50. The maximum atomic E-state index is 12.7. The third kappa shape index (κ3) is 4.63. The molecule has 1 unspecified atom stereocenters. The van der Waals surface area contributed by atoms with Crippen LogP contribution in [0.1, 0.15) is 18.9 Å². The first-order valence-corrected chi connectivity index (χ1v) is 9.68. The van der Waals surface area contributed by atoms with Gasteiger partial charge in [0.05, 0.1) is 0 Å².